The third kappa shape index (κ3) is 2.34. The Hall–Kier alpha value is -0.410. The quantitative estimate of drug-likeness (QED) is 0.457. The van der Waals surface area contributed by atoms with E-state index in [4.69, 9.17) is 23.2 Å². The molecule has 0 saturated heterocycles. The van der Waals surface area contributed by atoms with Crippen molar-refractivity contribution in [2.75, 3.05) is 0 Å². The molecule has 14 heavy (non-hydrogen) atoms. The van der Waals surface area contributed by atoms with Gasteiger partial charge in [0.1, 0.15) is 10.8 Å². The second-order valence-electron chi connectivity index (χ2n) is 2.19. The molecule has 0 aliphatic carbocycles. The standard InChI is InChI=1S/C7H3Cl2F3.C2H6/c1-2-5(10)3(8)4(9)7(12)6(2)11;1-2/h1H3;1-2H3. The number of benzene rings is 1. The molecule has 1 rings (SSSR count). The molecular weight excluding hydrogens is 236 g/mol. The van der Waals surface area contributed by atoms with E-state index in [9.17, 15) is 13.2 Å². The Morgan fingerprint density at radius 1 is 0.786 bits per heavy atom. The molecule has 0 aromatic heterocycles. The van der Waals surface area contributed by atoms with E-state index in [-0.39, 0.29) is 0 Å². The highest BCUT2D eigenvalue weighted by atomic mass is 35.5. The first-order valence-corrected chi connectivity index (χ1v) is 4.70. The lowest BCUT2D eigenvalue weighted by Gasteiger charge is -2.04. The van der Waals surface area contributed by atoms with Crippen molar-refractivity contribution in [1.29, 1.82) is 0 Å². The van der Waals surface area contributed by atoms with Crippen molar-refractivity contribution in [1.82, 2.24) is 0 Å². The largest absolute Gasteiger partial charge is 0.205 e. The Morgan fingerprint density at radius 2 is 1.14 bits per heavy atom. The van der Waals surface area contributed by atoms with E-state index in [1.807, 2.05) is 13.8 Å². The van der Waals surface area contributed by atoms with Gasteiger partial charge in [-0.1, -0.05) is 37.0 Å². The molecule has 0 aliphatic heterocycles. The Labute approximate surface area is 90.6 Å². The zero-order valence-electron chi connectivity index (χ0n) is 7.89. The van der Waals surface area contributed by atoms with Crippen molar-refractivity contribution in [2.45, 2.75) is 20.8 Å². The maximum absolute atomic E-state index is 12.8. The van der Waals surface area contributed by atoms with Crippen LogP contribution in [0.3, 0.4) is 0 Å². The fourth-order valence-electron chi connectivity index (χ4n) is 0.715. The summed E-state index contributed by atoms with van der Waals surface area (Å²) in [5, 5.41) is -1.31. The van der Waals surface area contributed by atoms with Gasteiger partial charge in [0.05, 0.1) is 5.02 Å². The van der Waals surface area contributed by atoms with Crippen LogP contribution in [0.25, 0.3) is 0 Å². The maximum Gasteiger partial charge on any atom is 0.179 e. The first-order chi connectivity index (χ1) is 6.46. The van der Waals surface area contributed by atoms with E-state index in [0.717, 1.165) is 6.92 Å². The average Bonchev–Trinajstić information content (AvgIpc) is 2.24. The molecule has 0 atom stereocenters. The number of rotatable bonds is 0. The molecule has 80 valence electrons. The van der Waals surface area contributed by atoms with E-state index in [1.54, 1.807) is 0 Å². The lowest BCUT2D eigenvalue weighted by molar-refractivity contribution is 0.487. The van der Waals surface area contributed by atoms with E-state index >= 15 is 0 Å². The van der Waals surface area contributed by atoms with Crippen molar-refractivity contribution >= 4 is 23.2 Å². The van der Waals surface area contributed by atoms with Gasteiger partial charge >= 0.3 is 0 Å². The second-order valence-corrected chi connectivity index (χ2v) is 2.95. The first-order valence-electron chi connectivity index (χ1n) is 3.94. The van der Waals surface area contributed by atoms with Crippen LogP contribution in [0.5, 0.6) is 0 Å². The number of hydrogen-bond acceptors (Lipinski definition) is 0. The van der Waals surface area contributed by atoms with E-state index in [2.05, 4.69) is 0 Å². The summed E-state index contributed by atoms with van der Waals surface area (Å²) in [5.74, 6) is -3.65. The molecule has 1 aromatic carbocycles. The van der Waals surface area contributed by atoms with Crippen LogP contribution in [0.2, 0.25) is 10.0 Å². The van der Waals surface area contributed by atoms with Crippen LogP contribution in [0.15, 0.2) is 0 Å². The summed E-state index contributed by atoms with van der Waals surface area (Å²) in [4.78, 5) is 0. The van der Waals surface area contributed by atoms with Gasteiger partial charge in [-0.25, -0.2) is 13.2 Å². The minimum atomic E-state index is -1.32. The van der Waals surface area contributed by atoms with Gasteiger partial charge in [-0.2, -0.15) is 0 Å². The molecule has 0 spiro atoms. The zero-order chi connectivity index (χ0) is 11.5. The minimum Gasteiger partial charge on any atom is -0.205 e. The molecule has 0 amide bonds. The molecule has 0 radical (unpaired) electrons. The monoisotopic (exact) mass is 244 g/mol. The summed E-state index contributed by atoms with van der Waals surface area (Å²) in [6.45, 7) is 5.08. The summed E-state index contributed by atoms with van der Waals surface area (Å²) in [6.07, 6.45) is 0. The van der Waals surface area contributed by atoms with E-state index < -0.39 is 33.1 Å². The van der Waals surface area contributed by atoms with Crippen LogP contribution in [-0.4, -0.2) is 0 Å². The fourth-order valence-corrected chi connectivity index (χ4v) is 1.11. The van der Waals surface area contributed by atoms with E-state index in [0.29, 0.717) is 0 Å². The van der Waals surface area contributed by atoms with Crippen molar-refractivity contribution in [3.63, 3.8) is 0 Å². The topological polar surface area (TPSA) is 0 Å². The van der Waals surface area contributed by atoms with Gasteiger partial charge in [0, 0.05) is 5.56 Å². The number of halogens is 5. The molecule has 0 bridgehead atoms. The smallest absolute Gasteiger partial charge is 0.179 e. The Balaban J connectivity index is 0.000000791. The molecular formula is C9H9Cl2F3. The molecule has 0 N–H and O–H groups in total. The van der Waals surface area contributed by atoms with Gasteiger partial charge < -0.3 is 0 Å². The van der Waals surface area contributed by atoms with Crippen LogP contribution in [0.4, 0.5) is 13.2 Å². The van der Waals surface area contributed by atoms with Crippen LogP contribution in [0, 0.1) is 24.4 Å². The van der Waals surface area contributed by atoms with Crippen molar-refractivity contribution < 1.29 is 13.2 Å². The molecule has 1 aromatic rings. The van der Waals surface area contributed by atoms with Gasteiger partial charge in [0.15, 0.2) is 11.6 Å². The maximum atomic E-state index is 12.8. The third-order valence-electron chi connectivity index (χ3n) is 1.43. The Kier molecular flexibility index (Phi) is 5.31. The van der Waals surface area contributed by atoms with Crippen molar-refractivity contribution in [3.05, 3.63) is 33.1 Å². The highest BCUT2D eigenvalue weighted by molar-refractivity contribution is 6.42. The van der Waals surface area contributed by atoms with Gasteiger partial charge in [-0.3, -0.25) is 0 Å². The molecule has 0 fully saturated rings. The summed E-state index contributed by atoms with van der Waals surface area (Å²) in [7, 11) is 0. The predicted molar refractivity (Wildman–Crippen MR) is 52.4 cm³/mol. The normalized spacial score (nSPS) is 9.43. The molecule has 0 aliphatic rings. The highest BCUT2D eigenvalue weighted by Crippen LogP contribution is 2.31. The van der Waals surface area contributed by atoms with Crippen LogP contribution in [-0.2, 0) is 0 Å². The molecule has 0 heterocycles. The minimum absolute atomic E-state index is 0.470. The summed E-state index contributed by atoms with van der Waals surface area (Å²) >= 11 is 10.4. The summed E-state index contributed by atoms with van der Waals surface area (Å²) < 4.78 is 38.2. The van der Waals surface area contributed by atoms with Gasteiger partial charge in [0.25, 0.3) is 0 Å². The van der Waals surface area contributed by atoms with Gasteiger partial charge in [0.2, 0.25) is 0 Å². The molecule has 5 heteroatoms. The Morgan fingerprint density at radius 3 is 1.57 bits per heavy atom. The van der Waals surface area contributed by atoms with Crippen molar-refractivity contribution in [2.24, 2.45) is 0 Å². The van der Waals surface area contributed by atoms with Crippen LogP contribution < -0.4 is 0 Å². The number of hydrogen-bond donors (Lipinski definition) is 0. The van der Waals surface area contributed by atoms with Gasteiger partial charge in [-0.05, 0) is 6.92 Å². The Bertz CT molecular complexity index is 232. The van der Waals surface area contributed by atoms with Gasteiger partial charge in [-0.15, -0.1) is 0 Å². The first kappa shape index (κ1) is 13.6. The summed E-state index contributed by atoms with van der Waals surface area (Å²) in [6, 6.07) is 0. The zero-order valence-corrected chi connectivity index (χ0v) is 9.40. The summed E-state index contributed by atoms with van der Waals surface area (Å²) in [5.41, 5.74) is -0.470. The second kappa shape index (κ2) is 5.47. The average molecular weight is 245 g/mol. The van der Waals surface area contributed by atoms with E-state index in [1.165, 1.54) is 0 Å². The third-order valence-corrected chi connectivity index (χ3v) is 2.24. The lowest BCUT2D eigenvalue weighted by Crippen LogP contribution is -1.96. The molecule has 0 unspecified atom stereocenters. The SMILES string of the molecule is CC.Cc1c(F)c(F)c(Cl)c(Cl)c1F. The molecule has 0 saturated carbocycles. The lowest BCUT2D eigenvalue weighted by atomic mass is 10.2. The van der Waals surface area contributed by atoms with Crippen LogP contribution >= 0.6 is 23.2 Å². The van der Waals surface area contributed by atoms with Crippen LogP contribution in [0.1, 0.15) is 19.4 Å². The van der Waals surface area contributed by atoms with Crippen molar-refractivity contribution in [3.8, 4) is 0 Å². The highest BCUT2D eigenvalue weighted by Gasteiger charge is 2.19. The fraction of sp³-hybridized carbons (Fsp3) is 0.333. The molecule has 0 nitrogen and oxygen atoms in total. The predicted octanol–water partition coefficient (Wildman–Crippen LogP) is 4.75.